The number of hydrogen-bond donors (Lipinski definition) is 2. The van der Waals surface area contributed by atoms with Crippen molar-refractivity contribution in [3.05, 3.63) is 65.9 Å². The van der Waals surface area contributed by atoms with E-state index in [0.717, 1.165) is 16.5 Å². The number of aliphatic hydroxyl groups is 1. The minimum Gasteiger partial charge on any atom is -0.395 e. The predicted octanol–water partition coefficient (Wildman–Crippen LogP) is 2.20. The van der Waals surface area contributed by atoms with Crippen LogP contribution in [0.15, 0.2) is 54.6 Å². The molecular formula is C17H17N3O2. The Kier molecular flexibility index (Phi) is 4.16. The van der Waals surface area contributed by atoms with Crippen LogP contribution in [0.5, 0.6) is 0 Å². The van der Waals surface area contributed by atoms with Gasteiger partial charge in [0.05, 0.1) is 12.1 Å². The average molecular weight is 295 g/mol. The van der Waals surface area contributed by atoms with E-state index in [0.29, 0.717) is 12.2 Å². The zero-order valence-corrected chi connectivity index (χ0v) is 12.1. The number of H-pyrrole nitrogens is 1. The van der Waals surface area contributed by atoms with Crippen LogP contribution < -0.4 is 0 Å². The van der Waals surface area contributed by atoms with E-state index in [4.69, 9.17) is 0 Å². The van der Waals surface area contributed by atoms with Gasteiger partial charge in [-0.15, -0.1) is 0 Å². The van der Waals surface area contributed by atoms with Gasteiger partial charge in [0.25, 0.3) is 5.91 Å². The molecular weight excluding hydrogens is 278 g/mol. The predicted molar refractivity (Wildman–Crippen MR) is 84.4 cm³/mol. The second kappa shape index (κ2) is 6.41. The summed E-state index contributed by atoms with van der Waals surface area (Å²) in [5.41, 5.74) is 2.23. The summed E-state index contributed by atoms with van der Waals surface area (Å²) < 4.78 is 0. The van der Waals surface area contributed by atoms with E-state index in [9.17, 15) is 9.90 Å². The molecule has 3 aromatic rings. The monoisotopic (exact) mass is 295 g/mol. The SMILES string of the molecule is O=C(c1n[nH]c2ccccc12)N(CCO)Cc1ccccc1. The Morgan fingerprint density at radius 3 is 2.59 bits per heavy atom. The lowest BCUT2D eigenvalue weighted by molar-refractivity contribution is 0.0704. The number of aromatic amines is 1. The Hall–Kier alpha value is -2.66. The number of fused-ring (bicyclic) bond motifs is 1. The highest BCUT2D eigenvalue weighted by Crippen LogP contribution is 2.18. The van der Waals surface area contributed by atoms with Crippen molar-refractivity contribution in [1.29, 1.82) is 0 Å². The number of benzene rings is 2. The number of rotatable bonds is 5. The maximum atomic E-state index is 12.7. The summed E-state index contributed by atoms with van der Waals surface area (Å²) >= 11 is 0. The second-order valence-electron chi connectivity index (χ2n) is 5.05. The summed E-state index contributed by atoms with van der Waals surface area (Å²) in [4.78, 5) is 14.4. The summed E-state index contributed by atoms with van der Waals surface area (Å²) in [5, 5.41) is 17.1. The summed E-state index contributed by atoms with van der Waals surface area (Å²) in [6, 6.07) is 17.2. The molecule has 0 saturated heterocycles. The van der Waals surface area contributed by atoms with Crippen LogP contribution >= 0.6 is 0 Å². The quantitative estimate of drug-likeness (QED) is 0.758. The molecule has 0 atom stereocenters. The number of aliphatic hydroxyl groups excluding tert-OH is 1. The van der Waals surface area contributed by atoms with Gasteiger partial charge >= 0.3 is 0 Å². The first-order valence-corrected chi connectivity index (χ1v) is 7.17. The molecule has 0 unspecified atom stereocenters. The highest BCUT2D eigenvalue weighted by molar-refractivity contribution is 6.04. The maximum absolute atomic E-state index is 12.7. The molecule has 5 heteroatoms. The van der Waals surface area contributed by atoms with Crippen molar-refractivity contribution >= 4 is 16.8 Å². The van der Waals surface area contributed by atoms with E-state index >= 15 is 0 Å². The fourth-order valence-electron chi connectivity index (χ4n) is 2.45. The van der Waals surface area contributed by atoms with Gasteiger partial charge in [-0.2, -0.15) is 5.10 Å². The lowest BCUT2D eigenvalue weighted by atomic mass is 10.1. The molecule has 0 spiro atoms. The molecule has 1 aromatic heterocycles. The molecule has 22 heavy (non-hydrogen) atoms. The standard InChI is InChI=1S/C17H17N3O2/c21-11-10-20(12-13-6-2-1-3-7-13)17(22)16-14-8-4-5-9-15(14)18-19-16/h1-9,21H,10-12H2,(H,18,19). The Labute approximate surface area is 128 Å². The van der Waals surface area contributed by atoms with E-state index in [2.05, 4.69) is 10.2 Å². The fourth-order valence-corrected chi connectivity index (χ4v) is 2.45. The number of para-hydroxylation sites is 1. The van der Waals surface area contributed by atoms with E-state index in [1.807, 2.05) is 54.6 Å². The zero-order valence-electron chi connectivity index (χ0n) is 12.1. The molecule has 2 N–H and O–H groups in total. The molecule has 1 amide bonds. The van der Waals surface area contributed by atoms with Gasteiger partial charge in [0, 0.05) is 18.5 Å². The van der Waals surface area contributed by atoms with E-state index < -0.39 is 0 Å². The highest BCUT2D eigenvalue weighted by Gasteiger charge is 2.20. The van der Waals surface area contributed by atoms with Crippen molar-refractivity contribution in [3.63, 3.8) is 0 Å². The Morgan fingerprint density at radius 1 is 1.09 bits per heavy atom. The summed E-state index contributed by atoms with van der Waals surface area (Å²) in [7, 11) is 0. The van der Waals surface area contributed by atoms with Crippen molar-refractivity contribution < 1.29 is 9.90 Å². The molecule has 0 fully saturated rings. The molecule has 0 radical (unpaired) electrons. The molecule has 0 saturated carbocycles. The zero-order chi connectivity index (χ0) is 15.4. The van der Waals surface area contributed by atoms with Crippen molar-refractivity contribution in [1.82, 2.24) is 15.1 Å². The van der Waals surface area contributed by atoms with Crippen LogP contribution in [0.3, 0.4) is 0 Å². The van der Waals surface area contributed by atoms with Gasteiger partial charge in [0.1, 0.15) is 0 Å². The molecule has 3 rings (SSSR count). The first-order chi connectivity index (χ1) is 10.8. The third-order valence-corrected chi connectivity index (χ3v) is 3.55. The lowest BCUT2D eigenvalue weighted by Crippen LogP contribution is -2.33. The highest BCUT2D eigenvalue weighted by atomic mass is 16.3. The number of aromatic nitrogens is 2. The largest absolute Gasteiger partial charge is 0.395 e. The summed E-state index contributed by atoms with van der Waals surface area (Å²) in [5.74, 6) is -0.185. The Bertz CT molecular complexity index is 768. The molecule has 0 bridgehead atoms. The smallest absolute Gasteiger partial charge is 0.275 e. The number of amides is 1. The van der Waals surface area contributed by atoms with Gasteiger partial charge in [-0.1, -0.05) is 48.5 Å². The van der Waals surface area contributed by atoms with Crippen molar-refractivity contribution in [2.45, 2.75) is 6.54 Å². The number of nitrogens with one attached hydrogen (secondary N) is 1. The fraction of sp³-hybridized carbons (Fsp3) is 0.176. The molecule has 0 aliphatic rings. The number of nitrogens with zero attached hydrogens (tertiary/aromatic N) is 2. The normalized spacial score (nSPS) is 10.8. The van der Waals surface area contributed by atoms with Crippen LogP contribution in [0.1, 0.15) is 16.1 Å². The lowest BCUT2D eigenvalue weighted by Gasteiger charge is -2.21. The van der Waals surface area contributed by atoms with Gasteiger partial charge in [-0.3, -0.25) is 9.89 Å². The van der Waals surface area contributed by atoms with Crippen LogP contribution in [-0.2, 0) is 6.54 Å². The van der Waals surface area contributed by atoms with Gasteiger partial charge < -0.3 is 10.0 Å². The third-order valence-electron chi connectivity index (χ3n) is 3.55. The van der Waals surface area contributed by atoms with Crippen LogP contribution in [0.4, 0.5) is 0 Å². The molecule has 0 aliphatic carbocycles. The number of hydrogen-bond acceptors (Lipinski definition) is 3. The second-order valence-corrected chi connectivity index (χ2v) is 5.05. The van der Waals surface area contributed by atoms with Gasteiger partial charge in [0.15, 0.2) is 5.69 Å². The molecule has 112 valence electrons. The molecule has 1 heterocycles. The van der Waals surface area contributed by atoms with E-state index in [1.54, 1.807) is 4.90 Å². The first kappa shape index (κ1) is 14.3. The van der Waals surface area contributed by atoms with Crippen LogP contribution in [0.25, 0.3) is 10.9 Å². The van der Waals surface area contributed by atoms with Crippen LogP contribution in [0, 0.1) is 0 Å². The van der Waals surface area contributed by atoms with Crippen LogP contribution in [0.2, 0.25) is 0 Å². The Balaban J connectivity index is 1.89. The minimum absolute atomic E-state index is 0.0824. The average Bonchev–Trinajstić information content (AvgIpc) is 2.99. The number of carbonyl (C=O) groups excluding carboxylic acids is 1. The minimum atomic E-state index is -0.185. The first-order valence-electron chi connectivity index (χ1n) is 7.17. The van der Waals surface area contributed by atoms with Crippen LogP contribution in [-0.4, -0.2) is 39.3 Å². The topological polar surface area (TPSA) is 69.2 Å². The van der Waals surface area contributed by atoms with Crippen molar-refractivity contribution in [2.24, 2.45) is 0 Å². The number of carbonyl (C=O) groups is 1. The Morgan fingerprint density at radius 2 is 1.82 bits per heavy atom. The summed E-state index contributed by atoms with van der Waals surface area (Å²) in [6.45, 7) is 0.636. The molecule has 0 aliphatic heterocycles. The maximum Gasteiger partial charge on any atom is 0.275 e. The third kappa shape index (κ3) is 2.84. The van der Waals surface area contributed by atoms with Crippen molar-refractivity contribution in [2.75, 3.05) is 13.2 Å². The van der Waals surface area contributed by atoms with Gasteiger partial charge in [-0.25, -0.2) is 0 Å². The summed E-state index contributed by atoms with van der Waals surface area (Å²) in [6.07, 6.45) is 0. The van der Waals surface area contributed by atoms with E-state index in [1.165, 1.54) is 0 Å². The molecule has 5 nitrogen and oxygen atoms in total. The van der Waals surface area contributed by atoms with Crippen molar-refractivity contribution in [3.8, 4) is 0 Å². The molecule has 2 aromatic carbocycles. The van der Waals surface area contributed by atoms with Gasteiger partial charge in [0.2, 0.25) is 0 Å². The van der Waals surface area contributed by atoms with Gasteiger partial charge in [-0.05, 0) is 11.6 Å². The van der Waals surface area contributed by atoms with E-state index in [-0.39, 0.29) is 19.1 Å².